The predicted octanol–water partition coefficient (Wildman–Crippen LogP) is 3.96. The number of rotatable bonds is 8. The normalized spacial score (nSPS) is 18.5. The SMILES string of the molecule is CCOC(=O)C1=C(C)N=c2s/c(=C\[C@H]3C(=O)N(c4ccccc4)N=C3C)c(=O)n2[C@H]1c1cc(OC)c(OCC)cc1Br. The number of esters is 1. The summed E-state index contributed by atoms with van der Waals surface area (Å²) in [5.41, 5.74) is 2.06. The van der Waals surface area contributed by atoms with Gasteiger partial charge in [-0.3, -0.25) is 14.2 Å². The number of methoxy groups -OCH3 is 1. The third kappa shape index (κ3) is 5.20. The van der Waals surface area contributed by atoms with E-state index in [4.69, 9.17) is 14.2 Å². The fourth-order valence-corrected chi connectivity index (χ4v) is 6.56. The summed E-state index contributed by atoms with van der Waals surface area (Å²) in [6, 6.07) is 11.7. The Labute approximate surface area is 254 Å². The van der Waals surface area contributed by atoms with Crippen LogP contribution in [0.5, 0.6) is 11.5 Å². The lowest BCUT2D eigenvalue weighted by atomic mass is 9.95. The summed E-state index contributed by atoms with van der Waals surface area (Å²) < 4.78 is 19.1. The number of amides is 1. The first-order valence-corrected chi connectivity index (χ1v) is 14.9. The molecule has 2 atom stereocenters. The third-order valence-corrected chi connectivity index (χ3v) is 8.58. The molecule has 0 saturated carbocycles. The molecule has 0 N–H and O–H groups in total. The van der Waals surface area contributed by atoms with Gasteiger partial charge in [0.1, 0.15) is 5.92 Å². The standard InChI is InChI=1S/C30H29BrN4O6S/c1-6-40-23-15-21(31)20(13-22(23)39-5)26-25(29(38)41-7-2)17(4)32-30-34(26)28(37)24(42-30)14-19-16(3)33-35(27(19)36)18-11-9-8-10-12-18/h8-15,19,26H,6-7H2,1-5H3/b24-14-/t19-,26+/m1/s1. The number of halogens is 1. The van der Waals surface area contributed by atoms with E-state index in [1.165, 1.54) is 16.7 Å². The minimum absolute atomic E-state index is 0.154. The maximum Gasteiger partial charge on any atom is 0.338 e. The van der Waals surface area contributed by atoms with Gasteiger partial charge in [0, 0.05) is 4.47 Å². The van der Waals surface area contributed by atoms with Crippen molar-refractivity contribution in [3.05, 3.63) is 83.5 Å². The quantitative estimate of drug-likeness (QED) is 0.341. The van der Waals surface area contributed by atoms with E-state index in [9.17, 15) is 14.4 Å². The first-order chi connectivity index (χ1) is 20.2. The van der Waals surface area contributed by atoms with Crippen LogP contribution in [0.3, 0.4) is 0 Å². The molecule has 218 valence electrons. The Balaban J connectivity index is 1.67. The number of hydrazone groups is 1. The lowest BCUT2D eigenvalue weighted by Gasteiger charge is -2.26. The number of carbonyl (C=O) groups excluding carboxylic acids is 2. The summed E-state index contributed by atoms with van der Waals surface area (Å²) >= 11 is 4.77. The van der Waals surface area contributed by atoms with Crippen molar-refractivity contribution in [2.75, 3.05) is 25.3 Å². The Morgan fingerprint density at radius 2 is 1.83 bits per heavy atom. The zero-order valence-electron chi connectivity index (χ0n) is 23.7. The molecule has 2 aliphatic rings. The van der Waals surface area contributed by atoms with E-state index in [-0.39, 0.29) is 18.1 Å². The highest BCUT2D eigenvalue weighted by Crippen LogP contribution is 2.41. The number of hydrogen-bond acceptors (Lipinski definition) is 9. The van der Waals surface area contributed by atoms with Crippen molar-refractivity contribution in [1.82, 2.24) is 4.57 Å². The summed E-state index contributed by atoms with van der Waals surface area (Å²) in [7, 11) is 1.52. The number of aromatic nitrogens is 1. The minimum atomic E-state index is -0.878. The van der Waals surface area contributed by atoms with E-state index >= 15 is 0 Å². The molecule has 2 aliphatic heterocycles. The molecule has 0 bridgehead atoms. The van der Waals surface area contributed by atoms with Crippen LogP contribution >= 0.6 is 27.3 Å². The van der Waals surface area contributed by atoms with E-state index in [1.54, 1.807) is 51.1 Å². The molecule has 0 spiro atoms. The first kappa shape index (κ1) is 29.5. The molecule has 0 radical (unpaired) electrons. The second kappa shape index (κ2) is 12.1. The van der Waals surface area contributed by atoms with Crippen LogP contribution in [0.1, 0.15) is 39.3 Å². The molecule has 0 aliphatic carbocycles. The van der Waals surface area contributed by atoms with Crippen molar-refractivity contribution in [3.8, 4) is 11.5 Å². The second-order valence-electron chi connectivity index (χ2n) is 9.49. The lowest BCUT2D eigenvalue weighted by Crippen LogP contribution is -2.40. The highest BCUT2D eigenvalue weighted by atomic mass is 79.9. The van der Waals surface area contributed by atoms with Gasteiger partial charge in [-0.05, 0) is 63.6 Å². The van der Waals surface area contributed by atoms with E-state index in [1.807, 2.05) is 25.1 Å². The fourth-order valence-electron chi connectivity index (χ4n) is 4.97. The number of carbonyl (C=O) groups is 2. The molecule has 5 rings (SSSR count). The lowest BCUT2D eigenvalue weighted by molar-refractivity contribution is -0.139. The molecule has 0 fully saturated rings. The zero-order valence-corrected chi connectivity index (χ0v) is 26.1. The summed E-state index contributed by atoms with van der Waals surface area (Å²) in [4.78, 5) is 45.8. The highest BCUT2D eigenvalue weighted by Gasteiger charge is 2.37. The van der Waals surface area contributed by atoms with Gasteiger partial charge in [0.2, 0.25) is 0 Å². The van der Waals surface area contributed by atoms with Crippen molar-refractivity contribution in [2.24, 2.45) is 16.0 Å². The van der Waals surface area contributed by atoms with Crippen LogP contribution in [0.25, 0.3) is 6.08 Å². The molecule has 42 heavy (non-hydrogen) atoms. The maximum absolute atomic E-state index is 14.1. The number of benzene rings is 2. The molecule has 0 saturated heterocycles. The summed E-state index contributed by atoms with van der Waals surface area (Å²) in [6.45, 7) is 7.63. The van der Waals surface area contributed by atoms with Crippen LogP contribution in [-0.2, 0) is 14.3 Å². The fraction of sp³-hybridized carbons (Fsp3) is 0.300. The van der Waals surface area contributed by atoms with Crippen LogP contribution in [0.15, 0.2) is 73.1 Å². The largest absolute Gasteiger partial charge is 0.493 e. The van der Waals surface area contributed by atoms with Crippen LogP contribution in [-0.4, -0.2) is 42.5 Å². The van der Waals surface area contributed by atoms with E-state index in [0.717, 1.165) is 11.3 Å². The summed E-state index contributed by atoms with van der Waals surface area (Å²) in [5, 5.41) is 5.80. The van der Waals surface area contributed by atoms with Crippen molar-refractivity contribution in [1.29, 1.82) is 0 Å². The van der Waals surface area contributed by atoms with Gasteiger partial charge in [0.15, 0.2) is 16.3 Å². The number of hydrogen-bond donors (Lipinski definition) is 0. The van der Waals surface area contributed by atoms with Gasteiger partial charge in [-0.25, -0.2) is 9.79 Å². The minimum Gasteiger partial charge on any atom is -0.493 e. The van der Waals surface area contributed by atoms with Crippen LogP contribution in [0.4, 0.5) is 5.69 Å². The highest BCUT2D eigenvalue weighted by molar-refractivity contribution is 9.10. The molecular formula is C30H29BrN4O6S. The first-order valence-electron chi connectivity index (χ1n) is 13.3. The number of thiazole rings is 1. The topological polar surface area (TPSA) is 112 Å². The molecule has 3 aromatic rings. The van der Waals surface area contributed by atoms with Gasteiger partial charge in [-0.15, -0.1) is 0 Å². The van der Waals surface area contributed by atoms with E-state index in [0.29, 0.717) is 54.6 Å². The maximum atomic E-state index is 14.1. The number of nitrogens with zero attached hydrogens (tertiary/aromatic N) is 4. The molecule has 1 aromatic heterocycles. The van der Waals surface area contributed by atoms with Crippen molar-refractivity contribution >= 4 is 56.6 Å². The van der Waals surface area contributed by atoms with Crippen molar-refractivity contribution < 1.29 is 23.8 Å². The molecule has 3 heterocycles. The molecule has 2 aromatic carbocycles. The molecular weight excluding hydrogens is 624 g/mol. The average Bonchev–Trinajstić information content (AvgIpc) is 3.43. The van der Waals surface area contributed by atoms with Crippen LogP contribution in [0.2, 0.25) is 0 Å². The predicted molar refractivity (Wildman–Crippen MR) is 164 cm³/mol. The van der Waals surface area contributed by atoms with Gasteiger partial charge in [-0.1, -0.05) is 45.5 Å². The molecule has 0 unspecified atom stereocenters. The molecule has 10 nitrogen and oxygen atoms in total. The number of anilines is 1. The smallest absolute Gasteiger partial charge is 0.338 e. The van der Waals surface area contributed by atoms with Gasteiger partial charge in [-0.2, -0.15) is 10.1 Å². The number of allylic oxidation sites excluding steroid dienone is 1. The zero-order chi connectivity index (χ0) is 30.1. The van der Waals surface area contributed by atoms with Crippen LogP contribution < -0.4 is 29.4 Å². The van der Waals surface area contributed by atoms with Crippen molar-refractivity contribution in [2.45, 2.75) is 33.7 Å². The second-order valence-corrected chi connectivity index (χ2v) is 11.4. The van der Waals surface area contributed by atoms with Gasteiger partial charge >= 0.3 is 5.97 Å². The van der Waals surface area contributed by atoms with E-state index < -0.39 is 23.5 Å². The molecule has 1 amide bonds. The van der Waals surface area contributed by atoms with Gasteiger partial charge in [0.25, 0.3) is 11.5 Å². The Morgan fingerprint density at radius 3 is 2.50 bits per heavy atom. The molecule has 12 heteroatoms. The Hall–Kier alpha value is -4.03. The number of fused-ring (bicyclic) bond motifs is 1. The Bertz CT molecular complexity index is 1810. The van der Waals surface area contributed by atoms with Crippen molar-refractivity contribution in [3.63, 3.8) is 0 Å². The monoisotopic (exact) mass is 652 g/mol. The van der Waals surface area contributed by atoms with Gasteiger partial charge < -0.3 is 14.2 Å². The average molecular weight is 654 g/mol. The van der Waals surface area contributed by atoms with Crippen LogP contribution in [0, 0.1) is 5.92 Å². The Morgan fingerprint density at radius 1 is 1.10 bits per heavy atom. The Kier molecular flexibility index (Phi) is 8.46. The summed E-state index contributed by atoms with van der Waals surface area (Å²) in [6.07, 6.45) is 1.63. The number of ether oxygens (including phenoxy) is 3. The number of para-hydroxylation sites is 1. The van der Waals surface area contributed by atoms with Gasteiger partial charge in [0.05, 0.1) is 53.6 Å². The third-order valence-electron chi connectivity index (χ3n) is 6.90. The summed E-state index contributed by atoms with van der Waals surface area (Å²) in [5.74, 6) is -0.611. The van der Waals surface area contributed by atoms with E-state index in [2.05, 4.69) is 26.0 Å².